The van der Waals surface area contributed by atoms with Crippen molar-refractivity contribution in [3.8, 4) is 5.69 Å². The third-order valence-corrected chi connectivity index (χ3v) is 4.97. The number of esters is 1. The van der Waals surface area contributed by atoms with Gasteiger partial charge in [0.15, 0.2) is 0 Å². The van der Waals surface area contributed by atoms with E-state index in [1.807, 2.05) is 24.5 Å². The second-order valence-electron chi connectivity index (χ2n) is 6.00. The SMILES string of the molecule is COC(=O)c1ccc(Cn2c(=O)cc(N)n(-c3cccc(SC)c3)c2=O)cc1. The Bertz CT molecular complexity index is 1130. The Kier molecular flexibility index (Phi) is 5.70. The van der Waals surface area contributed by atoms with Crippen molar-refractivity contribution in [1.29, 1.82) is 0 Å². The van der Waals surface area contributed by atoms with Gasteiger partial charge in [-0.1, -0.05) is 18.2 Å². The fraction of sp³-hybridized carbons (Fsp3) is 0.150. The van der Waals surface area contributed by atoms with Gasteiger partial charge in [-0.05, 0) is 42.2 Å². The molecule has 0 bridgehead atoms. The summed E-state index contributed by atoms with van der Waals surface area (Å²) in [5.41, 5.74) is 6.62. The molecule has 1 heterocycles. The van der Waals surface area contributed by atoms with Crippen LogP contribution in [0.1, 0.15) is 15.9 Å². The summed E-state index contributed by atoms with van der Waals surface area (Å²) in [6.45, 7) is 0.0572. The molecule has 2 aromatic carbocycles. The molecule has 0 spiro atoms. The van der Waals surface area contributed by atoms with Crippen molar-refractivity contribution in [3.05, 3.63) is 86.6 Å². The van der Waals surface area contributed by atoms with Crippen LogP contribution >= 0.6 is 11.8 Å². The number of rotatable bonds is 5. The average molecular weight is 397 g/mol. The normalized spacial score (nSPS) is 10.6. The van der Waals surface area contributed by atoms with E-state index in [-0.39, 0.29) is 12.4 Å². The first-order valence-corrected chi connectivity index (χ1v) is 9.61. The Morgan fingerprint density at radius 3 is 2.46 bits per heavy atom. The van der Waals surface area contributed by atoms with Crippen LogP contribution < -0.4 is 17.0 Å². The second kappa shape index (κ2) is 8.18. The highest BCUT2D eigenvalue weighted by atomic mass is 32.2. The van der Waals surface area contributed by atoms with Gasteiger partial charge in [0.25, 0.3) is 5.56 Å². The predicted molar refractivity (Wildman–Crippen MR) is 109 cm³/mol. The smallest absolute Gasteiger partial charge is 0.337 e. The van der Waals surface area contributed by atoms with Crippen LogP contribution in [0.5, 0.6) is 0 Å². The second-order valence-corrected chi connectivity index (χ2v) is 6.88. The molecule has 3 aromatic rings. The van der Waals surface area contributed by atoms with Crippen LogP contribution in [0.15, 0.2) is 69.1 Å². The van der Waals surface area contributed by atoms with Gasteiger partial charge in [0.05, 0.1) is 24.9 Å². The van der Waals surface area contributed by atoms with Crippen molar-refractivity contribution < 1.29 is 9.53 Å². The van der Waals surface area contributed by atoms with Gasteiger partial charge in [0.1, 0.15) is 5.82 Å². The highest BCUT2D eigenvalue weighted by molar-refractivity contribution is 7.98. The summed E-state index contributed by atoms with van der Waals surface area (Å²) in [5, 5.41) is 0. The van der Waals surface area contributed by atoms with Crippen LogP contribution in [0.3, 0.4) is 0 Å². The van der Waals surface area contributed by atoms with Gasteiger partial charge in [-0.25, -0.2) is 14.2 Å². The molecule has 0 saturated heterocycles. The largest absolute Gasteiger partial charge is 0.465 e. The van der Waals surface area contributed by atoms with Gasteiger partial charge in [0, 0.05) is 11.0 Å². The van der Waals surface area contributed by atoms with Crippen molar-refractivity contribution in [2.75, 3.05) is 19.1 Å². The van der Waals surface area contributed by atoms with E-state index in [9.17, 15) is 14.4 Å². The molecule has 28 heavy (non-hydrogen) atoms. The lowest BCUT2D eigenvalue weighted by molar-refractivity contribution is 0.0600. The highest BCUT2D eigenvalue weighted by Gasteiger charge is 2.13. The molecule has 2 N–H and O–H groups in total. The van der Waals surface area contributed by atoms with Crippen LogP contribution in [0.25, 0.3) is 5.69 Å². The number of thioether (sulfide) groups is 1. The predicted octanol–water partition coefficient (Wildman–Crippen LogP) is 2.14. The third-order valence-electron chi connectivity index (χ3n) is 4.25. The number of nitrogens with two attached hydrogens (primary N) is 1. The van der Waals surface area contributed by atoms with Crippen molar-refractivity contribution >= 4 is 23.5 Å². The van der Waals surface area contributed by atoms with Crippen LogP contribution in [0.4, 0.5) is 5.82 Å². The fourth-order valence-corrected chi connectivity index (χ4v) is 3.25. The minimum absolute atomic E-state index is 0.0572. The first-order chi connectivity index (χ1) is 13.4. The number of ether oxygens (including phenoxy) is 1. The number of hydrogen-bond donors (Lipinski definition) is 1. The van der Waals surface area contributed by atoms with E-state index in [4.69, 9.17) is 5.73 Å². The van der Waals surface area contributed by atoms with E-state index >= 15 is 0 Å². The van der Waals surface area contributed by atoms with E-state index in [1.165, 1.54) is 17.7 Å². The quantitative estimate of drug-likeness (QED) is 0.523. The summed E-state index contributed by atoms with van der Waals surface area (Å²) >= 11 is 1.54. The van der Waals surface area contributed by atoms with E-state index in [1.54, 1.807) is 42.1 Å². The first-order valence-electron chi connectivity index (χ1n) is 8.38. The summed E-state index contributed by atoms with van der Waals surface area (Å²) in [6.07, 6.45) is 1.93. The minimum Gasteiger partial charge on any atom is -0.465 e. The number of nitrogen functional groups attached to an aromatic ring is 1. The number of carbonyl (C=O) groups excluding carboxylic acids is 1. The standard InChI is InChI=1S/C20H19N3O4S/c1-27-19(25)14-8-6-13(7-9-14)12-22-18(24)11-17(21)23(20(22)26)15-4-3-5-16(10-15)28-2/h3-11H,12,21H2,1-2H3. The van der Waals surface area contributed by atoms with E-state index < -0.39 is 17.2 Å². The Morgan fingerprint density at radius 1 is 1.11 bits per heavy atom. The zero-order valence-electron chi connectivity index (χ0n) is 15.4. The van der Waals surface area contributed by atoms with Gasteiger partial charge in [-0.2, -0.15) is 0 Å². The molecule has 0 fully saturated rings. The molecule has 0 aliphatic rings. The van der Waals surface area contributed by atoms with E-state index in [0.717, 1.165) is 9.46 Å². The Labute approximate surface area is 165 Å². The number of methoxy groups -OCH3 is 1. The number of carbonyl (C=O) groups is 1. The van der Waals surface area contributed by atoms with E-state index in [0.29, 0.717) is 16.8 Å². The lowest BCUT2D eigenvalue weighted by Crippen LogP contribution is -2.40. The van der Waals surface area contributed by atoms with Crippen molar-refractivity contribution in [1.82, 2.24) is 9.13 Å². The Balaban J connectivity index is 2.04. The minimum atomic E-state index is -0.528. The lowest BCUT2D eigenvalue weighted by atomic mass is 10.1. The van der Waals surface area contributed by atoms with Gasteiger partial charge < -0.3 is 10.5 Å². The molecule has 144 valence electrons. The zero-order valence-corrected chi connectivity index (χ0v) is 16.2. The number of hydrogen-bond acceptors (Lipinski definition) is 6. The third kappa shape index (κ3) is 3.86. The van der Waals surface area contributed by atoms with Crippen LogP contribution in [-0.4, -0.2) is 28.5 Å². The summed E-state index contributed by atoms with van der Waals surface area (Å²) in [6, 6.07) is 15.1. The monoisotopic (exact) mass is 397 g/mol. The molecule has 3 rings (SSSR count). The molecule has 0 radical (unpaired) electrons. The molecular weight excluding hydrogens is 378 g/mol. The van der Waals surface area contributed by atoms with Crippen LogP contribution in [0.2, 0.25) is 0 Å². The van der Waals surface area contributed by atoms with Crippen molar-refractivity contribution in [3.63, 3.8) is 0 Å². The molecule has 7 nitrogen and oxygen atoms in total. The van der Waals surface area contributed by atoms with Gasteiger partial charge in [0.2, 0.25) is 0 Å². The van der Waals surface area contributed by atoms with Gasteiger partial charge in [-0.15, -0.1) is 11.8 Å². The topological polar surface area (TPSA) is 96.3 Å². The summed E-state index contributed by atoms with van der Waals surface area (Å²) in [5.74, 6) is -0.377. The molecule has 0 unspecified atom stereocenters. The number of anilines is 1. The zero-order chi connectivity index (χ0) is 20.3. The summed E-state index contributed by atoms with van der Waals surface area (Å²) in [4.78, 5) is 37.9. The Hall–Kier alpha value is -3.26. The molecule has 1 aromatic heterocycles. The highest BCUT2D eigenvalue weighted by Crippen LogP contribution is 2.19. The molecule has 8 heteroatoms. The molecular formula is C20H19N3O4S. The van der Waals surface area contributed by atoms with Crippen molar-refractivity contribution in [2.24, 2.45) is 0 Å². The number of nitrogens with zero attached hydrogens (tertiary/aromatic N) is 2. The number of aromatic nitrogens is 2. The summed E-state index contributed by atoms with van der Waals surface area (Å²) < 4.78 is 7.08. The van der Waals surface area contributed by atoms with E-state index in [2.05, 4.69) is 4.74 Å². The van der Waals surface area contributed by atoms with Crippen LogP contribution in [0, 0.1) is 0 Å². The maximum atomic E-state index is 13.0. The lowest BCUT2D eigenvalue weighted by Gasteiger charge is -2.14. The maximum absolute atomic E-state index is 13.0. The first kappa shape index (κ1) is 19.5. The molecule has 0 aliphatic carbocycles. The molecule has 0 saturated carbocycles. The van der Waals surface area contributed by atoms with Crippen LogP contribution in [-0.2, 0) is 11.3 Å². The average Bonchev–Trinajstić information content (AvgIpc) is 2.71. The Morgan fingerprint density at radius 2 is 1.82 bits per heavy atom. The van der Waals surface area contributed by atoms with Gasteiger partial charge in [-0.3, -0.25) is 9.36 Å². The summed E-state index contributed by atoms with van der Waals surface area (Å²) in [7, 11) is 1.30. The van der Waals surface area contributed by atoms with Crippen molar-refractivity contribution in [2.45, 2.75) is 11.4 Å². The number of benzene rings is 2. The fourth-order valence-electron chi connectivity index (χ4n) is 2.80. The maximum Gasteiger partial charge on any atom is 0.337 e. The molecule has 0 amide bonds. The molecule has 0 atom stereocenters. The van der Waals surface area contributed by atoms with Gasteiger partial charge >= 0.3 is 11.7 Å². The molecule has 0 aliphatic heterocycles.